The first-order valence-electron chi connectivity index (χ1n) is 5.48. The number of rotatable bonds is 5. The summed E-state index contributed by atoms with van der Waals surface area (Å²) in [5, 5.41) is 3.94. The zero-order valence-electron chi connectivity index (χ0n) is 11.4. The van der Waals surface area contributed by atoms with Crippen molar-refractivity contribution in [2.45, 2.75) is 0 Å². The number of hydrogen-bond donors (Lipinski definition) is 2. The summed E-state index contributed by atoms with van der Waals surface area (Å²) in [4.78, 5) is 3.72. The lowest BCUT2D eigenvalue weighted by Gasteiger charge is -2.13. The number of aliphatic imine (C=N–C) groups is 1. The van der Waals surface area contributed by atoms with Crippen LogP contribution in [0.5, 0.6) is 17.2 Å². The minimum atomic E-state index is 0.218. The summed E-state index contributed by atoms with van der Waals surface area (Å²) in [5.41, 5.74) is 8.75. The van der Waals surface area contributed by atoms with Crippen LogP contribution < -0.4 is 25.4 Å². The minimum absolute atomic E-state index is 0.218. The van der Waals surface area contributed by atoms with Crippen molar-refractivity contribution in [1.82, 2.24) is 5.43 Å². The van der Waals surface area contributed by atoms with Crippen molar-refractivity contribution < 1.29 is 14.2 Å². The Morgan fingerprint density at radius 3 is 2.37 bits per heavy atom. The molecular weight excluding hydrogens is 248 g/mol. The van der Waals surface area contributed by atoms with Crippen LogP contribution in [0.15, 0.2) is 22.2 Å². The van der Waals surface area contributed by atoms with Crippen LogP contribution in [-0.4, -0.2) is 40.6 Å². The minimum Gasteiger partial charge on any atom is -0.493 e. The number of nitrogens with two attached hydrogens (primary N) is 1. The molecule has 3 N–H and O–H groups in total. The Kier molecular flexibility index (Phi) is 5.46. The molecule has 0 fully saturated rings. The Morgan fingerprint density at radius 2 is 1.84 bits per heavy atom. The maximum Gasteiger partial charge on any atom is 0.209 e. The van der Waals surface area contributed by atoms with Gasteiger partial charge >= 0.3 is 0 Å². The van der Waals surface area contributed by atoms with Gasteiger partial charge in [0.15, 0.2) is 11.5 Å². The average Bonchev–Trinajstić information content (AvgIpc) is 2.45. The van der Waals surface area contributed by atoms with E-state index in [1.54, 1.807) is 46.7 Å². The number of nitrogens with one attached hydrogen (secondary N) is 1. The topological polar surface area (TPSA) is 90.5 Å². The van der Waals surface area contributed by atoms with Gasteiger partial charge in [0, 0.05) is 12.6 Å². The summed E-state index contributed by atoms with van der Waals surface area (Å²) in [7, 11) is 6.21. The van der Waals surface area contributed by atoms with Crippen LogP contribution in [0.25, 0.3) is 0 Å². The number of hydrogen-bond acceptors (Lipinski definition) is 5. The van der Waals surface area contributed by atoms with Gasteiger partial charge < -0.3 is 19.9 Å². The summed E-state index contributed by atoms with van der Waals surface area (Å²) >= 11 is 0. The predicted octanol–water partition coefficient (Wildman–Crippen LogP) is 0.580. The highest BCUT2D eigenvalue weighted by Gasteiger charge is 2.14. The van der Waals surface area contributed by atoms with Crippen molar-refractivity contribution in [2.24, 2.45) is 15.8 Å². The average molecular weight is 266 g/mol. The second kappa shape index (κ2) is 7.10. The molecule has 7 heteroatoms. The molecule has 0 aliphatic carbocycles. The van der Waals surface area contributed by atoms with Crippen LogP contribution in [0.1, 0.15) is 5.56 Å². The maximum absolute atomic E-state index is 5.46. The van der Waals surface area contributed by atoms with Crippen LogP contribution in [0.3, 0.4) is 0 Å². The lowest BCUT2D eigenvalue weighted by atomic mass is 10.2. The molecule has 0 saturated heterocycles. The monoisotopic (exact) mass is 266 g/mol. The number of methoxy groups -OCH3 is 3. The number of benzene rings is 1. The van der Waals surface area contributed by atoms with Gasteiger partial charge in [-0.05, 0) is 12.1 Å². The van der Waals surface area contributed by atoms with Crippen molar-refractivity contribution in [1.29, 1.82) is 0 Å². The molecule has 104 valence electrons. The van der Waals surface area contributed by atoms with E-state index in [4.69, 9.17) is 19.9 Å². The van der Waals surface area contributed by atoms with Gasteiger partial charge in [-0.1, -0.05) is 0 Å². The molecular formula is C12H18N4O3. The molecule has 19 heavy (non-hydrogen) atoms. The van der Waals surface area contributed by atoms with E-state index in [9.17, 15) is 0 Å². The molecule has 0 atom stereocenters. The zero-order valence-corrected chi connectivity index (χ0v) is 11.4. The van der Waals surface area contributed by atoms with E-state index in [1.807, 2.05) is 0 Å². The van der Waals surface area contributed by atoms with Crippen molar-refractivity contribution in [3.63, 3.8) is 0 Å². The first-order valence-corrected chi connectivity index (χ1v) is 5.48. The molecule has 0 aromatic heterocycles. The van der Waals surface area contributed by atoms with E-state index in [0.29, 0.717) is 17.2 Å². The van der Waals surface area contributed by atoms with E-state index < -0.39 is 0 Å². The van der Waals surface area contributed by atoms with E-state index >= 15 is 0 Å². The molecule has 0 bridgehead atoms. The molecule has 0 saturated carbocycles. The number of nitrogens with zero attached hydrogens (tertiary/aromatic N) is 2. The molecule has 1 aromatic rings. The van der Waals surface area contributed by atoms with Crippen LogP contribution in [0.4, 0.5) is 0 Å². The summed E-state index contributed by atoms with van der Waals surface area (Å²) in [5.74, 6) is 1.83. The molecule has 0 radical (unpaired) electrons. The van der Waals surface area contributed by atoms with Crippen LogP contribution in [-0.2, 0) is 0 Å². The lowest BCUT2D eigenvalue weighted by Crippen LogP contribution is -2.26. The van der Waals surface area contributed by atoms with E-state index in [-0.39, 0.29) is 5.96 Å². The Morgan fingerprint density at radius 1 is 1.16 bits per heavy atom. The Balaban J connectivity index is 3.08. The fourth-order valence-electron chi connectivity index (χ4n) is 1.44. The van der Waals surface area contributed by atoms with Crippen LogP contribution in [0, 0.1) is 0 Å². The van der Waals surface area contributed by atoms with E-state index in [2.05, 4.69) is 15.5 Å². The molecule has 0 aliphatic rings. The van der Waals surface area contributed by atoms with Crippen LogP contribution >= 0.6 is 0 Å². The third-order valence-corrected chi connectivity index (χ3v) is 2.36. The summed E-state index contributed by atoms with van der Waals surface area (Å²) in [6.07, 6.45) is 1.55. The van der Waals surface area contributed by atoms with E-state index in [0.717, 1.165) is 5.56 Å². The fraction of sp³-hybridized carbons (Fsp3) is 0.333. The second-order valence-electron chi connectivity index (χ2n) is 3.40. The van der Waals surface area contributed by atoms with Crippen molar-refractivity contribution >= 4 is 12.2 Å². The third kappa shape index (κ3) is 3.51. The lowest BCUT2D eigenvalue weighted by molar-refractivity contribution is 0.324. The molecule has 0 aliphatic heterocycles. The van der Waals surface area contributed by atoms with Crippen molar-refractivity contribution in [2.75, 3.05) is 28.4 Å². The first-order chi connectivity index (χ1) is 9.17. The van der Waals surface area contributed by atoms with Crippen molar-refractivity contribution in [3.05, 3.63) is 17.7 Å². The van der Waals surface area contributed by atoms with Gasteiger partial charge in [0.05, 0.1) is 27.5 Å². The van der Waals surface area contributed by atoms with Crippen LogP contribution in [0.2, 0.25) is 0 Å². The summed E-state index contributed by atoms with van der Waals surface area (Å²) < 4.78 is 15.8. The summed E-state index contributed by atoms with van der Waals surface area (Å²) in [6.45, 7) is 0. The van der Waals surface area contributed by atoms with Gasteiger partial charge in [-0.2, -0.15) is 5.10 Å². The Bertz CT molecular complexity index is 486. The number of ether oxygens (including phenoxy) is 3. The molecule has 0 spiro atoms. The van der Waals surface area contributed by atoms with Gasteiger partial charge in [0.1, 0.15) is 0 Å². The molecule has 0 heterocycles. The predicted molar refractivity (Wildman–Crippen MR) is 74.4 cm³/mol. The van der Waals surface area contributed by atoms with Crippen molar-refractivity contribution in [3.8, 4) is 17.2 Å². The molecule has 1 aromatic carbocycles. The maximum atomic E-state index is 5.46. The highest BCUT2D eigenvalue weighted by Crippen LogP contribution is 2.38. The zero-order chi connectivity index (χ0) is 14.3. The quantitative estimate of drug-likeness (QED) is 0.462. The normalized spacial score (nSPS) is 11.5. The molecule has 7 nitrogen and oxygen atoms in total. The van der Waals surface area contributed by atoms with Gasteiger partial charge in [0.25, 0.3) is 0 Å². The van der Waals surface area contributed by atoms with Gasteiger partial charge in [0.2, 0.25) is 11.7 Å². The second-order valence-corrected chi connectivity index (χ2v) is 3.40. The SMILES string of the molecule is CN=C(N)N/N=C/c1ccc(OC)c(OC)c1OC. The highest BCUT2D eigenvalue weighted by molar-refractivity contribution is 5.87. The van der Waals surface area contributed by atoms with Gasteiger partial charge in [-0.3, -0.25) is 4.99 Å². The first kappa shape index (κ1) is 14.6. The molecule has 1 rings (SSSR count). The fourth-order valence-corrected chi connectivity index (χ4v) is 1.44. The third-order valence-electron chi connectivity index (χ3n) is 2.36. The number of hydrazone groups is 1. The largest absolute Gasteiger partial charge is 0.493 e. The molecule has 0 unspecified atom stereocenters. The number of guanidine groups is 1. The van der Waals surface area contributed by atoms with E-state index in [1.165, 1.54) is 0 Å². The molecule has 0 amide bonds. The van der Waals surface area contributed by atoms with Gasteiger partial charge in [-0.25, -0.2) is 5.43 Å². The Labute approximate surface area is 112 Å². The highest BCUT2D eigenvalue weighted by atomic mass is 16.5. The van der Waals surface area contributed by atoms with Gasteiger partial charge in [-0.15, -0.1) is 0 Å². The standard InChI is InChI=1S/C12H18N4O3/c1-14-12(13)16-15-7-8-5-6-9(17-2)11(19-4)10(8)18-3/h5-7H,1-4H3,(H3,13,14,16)/b15-7+. The Hall–Kier alpha value is -2.44. The summed E-state index contributed by atoms with van der Waals surface area (Å²) in [6, 6.07) is 3.56. The smallest absolute Gasteiger partial charge is 0.209 e.